The second kappa shape index (κ2) is 6.70. The third-order valence-corrected chi connectivity index (χ3v) is 5.77. The van der Waals surface area contributed by atoms with Gasteiger partial charge in [0.05, 0.1) is 22.4 Å². The minimum atomic E-state index is -0.155. The van der Waals surface area contributed by atoms with Crippen LogP contribution in [0.2, 0.25) is 0 Å². The molecule has 2 fully saturated rings. The SMILES string of the molecule is Cn1c(=O)n(C)c2cc(N3CCCC3)c(NC(=O)NC3CCCC3)cc21. The topological polar surface area (TPSA) is 71.3 Å². The van der Waals surface area contributed by atoms with Gasteiger partial charge in [0.2, 0.25) is 0 Å². The maximum absolute atomic E-state index is 12.5. The third kappa shape index (κ3) is 2.95. The molecule has 7 nitrogen and oxygen atoms in total. The van der Waals surface area contributed by atoms with Crippen molar-refractivity contribution in [3.8, 4) is 0 Å². The van der Waals surface area contributed by atoms with Crippen LogP contribution < -0.4 is 21.2 Å². The van der Waals surface area contributed by atoms with Gasteiger partial charge in [-0.05, 0) is 37.8 Å². The molecular formula is C19H27N5O2. The van der Waals surface area contributed by atoms with Crippen LogP contribution in [-0.4, -0.2) is 34.3 Å². The number of imidazole rings is 1. The van der Waals surface area contributed by atoms with Crippen LogP contribution in [0.5, 0.6) is 0 Å². The summed E-state index contributed by atoms with van der Waals surface area (Å²) in [6.07, 6.45) is 6.78. The molecule has 4 rings (SSSR count). The lowest BCUT2D eigenvalue weighted by Crippen LogP contribution is -2.36. The predicted octanol–water partition coefficient (Wildman–Crippen LogP) is 2.54. The molecule has 1 saturated heterocycles. The van der Waals surface area contributed by atoms with Crippen LogP contribution in [0.4, 0.5) is 16.2 Å². The highest BCUT2D eigenvalue weighted by atomic mass is 16.2. The Labute approximate surface area is 153 Å². The van der Waals surface area contributed by atoms with E-state index in [0.29, 0.717) is 0 Å². The Kier molecular flexibility index (Phi) is 4.38. The van der Waals surface area contributed by atoms with E-state index in [1.165, 1.54) is 12.8 Å². The Hall–Kier alpha value is -2.44. The first-order valence-corrected chi connectivity index (χ1v) is 9.56. The Morgan fingerprint density at radius 1 is 1.00 bits per heavy atom. The van der Waals surface area contributed by atoms with Crippen molar-refractivity contribution >= 4 is 28.4 Å². The average molecular weight is 357 g/mol. The first-order chi connectivity index (χ1) is 12.5. The number of anilines is 2. The van der Waals surface area contributed by atoms with Crippen molar-refractivity contribution in [1.82, 2.24) is 14.5 Å². The molecule has 1 aromatic carbocycles. The smallest absolute Gasteiger partial charge is 0.328 e. The van der Waals surface area contributed by atoms with Crippen LogP contribution in [-0.2, 0) is 14.1 Å². The summed E-state index contributed by atoms with van der Waals surface area (Å²) in [4.78, 5) is 27.1. The minimum Gasteiger partial charge on any atom is -0.370 e. The molecule has 2 heterocycles. The fraction of sp³-hybridized carbons (Fsp3) is 0.579. The van der Waals surface area contributed by atoms with Crippen LogP contribution in [0.25, 0.3) is 11.0 Å². The summed E-state index contributed by atoms with van der Waals surface area (Å²) in [6.45, 7) is 1.95. The lowest BCUT2D eigenvalue weighted by Gasteiger charge is -2.23. The molecule has 1 aromatic heterocycles. The molecule has 0 radical (unpaired) electrons. The predicted molar refractivity (Wildman–Crippen MR) is 104 cm³/mol. The van der Waals surface area contributed by atoms with Gasteiger partial charge in [-0.2, -0.15) is 0 Å². The van der Waals surface area contributed by atoms with E-state index in [-0.39, 0.29) is 17.8 Å². The molecule has 0 atom stereocenters. The first-order valence-electron chi connectivity index (χ1n) is 9.56. The second-order valence-corrected chi connectivity index (χ2v) is 7.53. The molecule has 0 spiro atoms. The van der Waals surface area contributed by atoms with Gasteiger partial charge >= 0.3 is 11.7 Å². The summed E-state index contributed by atoms with van der Waals surface area (Å²) < 4.78 is 3.29. The van der Waals surface area contributed by atoms with E-state index in [4.69, 9.17) is 0 Å². The van der Waals surface area contributed by atoms with Crippen molar-refractivity contribution in [3.63, 3.8) is 0 Å². The molecule has 7 heteroatoms. The Balaban J connectivity index is 1.70. The normalized spacial score (nSPS) is 18.0. The van der Waals surface area contributed by atoms with Crippen LogP contribution in [0, 0.1) is 0 Å². The lowest BCUT2D eigenvalue weighted by molar-refractivity contribution is 0.248. The van der Waals surface area contributed by atoms with E-state index >= 15 is 0 Å². The Bertz CT molecular complexity index is 885. The van der Waals surface area contributed by atoms with Crippen LogP contribution in [0.3, 0.4) is 0 Å². The van der Waals surface area contributed by atoms with E-state index in [1.54, 1.807) is 23.2 Å². The maximum Gasteiger partial charge on any atom is 0.328 e. The highest BCUT2D eigenvalue weighted by Crippen LogP contribution is 2.33. The molecule has 2 aromatic rings. The molecule has 1 saturated carbocycles. The number of nitrogens with one attached hydrogen (secondary N) is 2. The molecule has 2 amide bonds. The molecule has 1 aliphatic carbocycles. The Morgan fingerprint density at radius 3 is 2.27 bits per heavy atom. The summed E-state index contributed by atoms with van der Waals surface area (Å²) in [7, 11) is 3.56. The van der Waals surface area contributed by atoms with Gasteiger partial charge in [-0.15, -0.1) is 0 Å². The number of benzene rings is 1. The monoisotopic (exact) mass is 357 g/mol. The maximum atomic E-state index is 12.5. The number of carbonyl (C=O) groups is 1. The molecule has 2 aliphatic rings. The summed E-state index contributed by atoms with van der Waals surface area (Å²) in [5.74, 6) is 0. The van der Waals surface area contributed by atoms with Crippen molar-refractivity contribution < 1.29 is 4.79 Å². The number of carbonyl (C=O) groups excluding carboxylic acids is 1. The molecule has 0 bridgehead atoms. The average Bonchev–Trinajstić information content (AvgIpc) is 3.36. The molecule has 26 heavy (non-hydrogen) atoms. The lowest BCUT2D eigenvalue weighted by atomic mass is 10.2. The van der Waals surface area contributed by atoms with Gasteiger partial charge in [0.15, 0.2) is 0 Å². The summed E-state index contributed by atoms with van der Waals surface area (Å²) in [5, 5.41) is 6.13. The number of nitrogens with zero attached hydrogens (tertiary/aromatic N) is 3. The van der Waals surface area contributed by atoms with Crippen LogP contribution >= 0.6 is 0 Å². The van der Waals surface area contributed by atoms with Crippen molar-refractivity contribution in [2.24, 2.45) is 14.1 Å². The summed E-state index contributed by atoms with van der Waals surface area (Å²) in [6, 6.07) is 4.08. The molecule has 140 valence electrons. The van der Waals surface area contributed by atoms with Crippen molar-refractivity contribution in [2.75, 3.05) is 23.3 Å². The molecule has 0 unspecified atom stereocenters. The second-order valence-electron chi connectivity index (χ2n) is 7.53. The van der Waals surface area contributed by atoms with Gasteiger partial charge in [0, 0.05) is 33.2 Å². The summed E-state index contributed by atoms with van der Waals surface area (Å²) in [5.41, 5.74) is 3.44. The van der Waals surface area contributed by atoms with Crippen molar-refractivity contribution in [2.45, 2.75) is 44.6 Å². The van der Waals surface area contributed by atoms with E-state index in [0.717, 1.165) is 61.2 Å². The fourth-order valence-corrected chi connectivity index (χ4v) is 4.27. The zero-order valence-corrected chi connectivity index (χ0v) is 15.5. The third-order valence-electron chi connectivity index (χ3n) is 5.77. The number of rotatable bonds is 3. The van der Waals surface area contributed by atoms with Gasteiger partial charge in [-0.3, -0.25) is 9.13 Å². The summed E-state index contributed by atoms with van der Waals surface area (Å²) >= 11 is 0. The van der Waals surface area contributed by atoms with Crippen LogP contribution in [0.1, 0.15) is 38.5 Å². The quantitative estimate of drug-likeness (QED) is 0.887. The van der Waals surface area contributed by atoms with Gasteiger partial charge in [0.1, 0.15) is 0 Å². The number of amides is 2. The largest absolute Gasteiger partial charge is 0.370 e. The Morgan fingerprint density at radius 2 is 1.62 bits per heavy atom. The highest BCUT2D eigenvalue weighted by molar-refractivity contribution is 5.98. The number of hydrogen-bond acceptors (Lipinski definition) is 3. The van der Waals surface area contributed by atoms with E-state index < -0.39 is 0 Å². The van der Waals surface area contributed by atoms with E-state index in [2.05, 4.69) is 15.5 Å². The van der Waals surface area contributed by atoms with Crippen LogP contribution in [0.15, 0.2) is 16.9 Å². The number of urea groups is 1. The zero-order valence-electron chi connectivity index (χ0n) is 15.5. The van der Waals surface area contributed by atoms with Crippen molar-refractivity contribution in [1.29, 1.82) is 0 Å². The van der Waals surface area contributed by atoms with Crippen molar-refractivity contribution in [3.05, 3.63) is 22.6 Å². The van der Waals surface area contributed by atoms with Gasteiger partial charge in [-0.25, -0.2) is 9.59 Å². The van der Waals surface area contributed by atoms with Gasteiger partial charge < -0.3 is 15.5 Å². The molecule has 1 aliphatic heterocycles. The van der Waals surface area contributed by atoms with E-state index in [9.17, 15) is 9.59 Å². The number of hydrogen-bond donors (Lipinski definition) is 2. The zero-order chi connectivity index (χ0) is 18.3. The van der Waals surface area contributed by atoms with Gasteiger partial charge in [-0.1, -0.05) is 12.8 Å². The minimum absolute atomic E-state index is 0.0556. The fourth-order valence-electron chi connectivity index (χ4n) is 4.27. The van der Waals surface area contributed by atoms with Gasteiger partial charge in [0.25, 0.3) is 0 Å². The van der Waals surface area contributed by atoms with E-state index in [1.807, 2.05) is 12.1 Å². The number of aryl methyl sites for hydroxylation is 2. The standard InChI is InChI=1S/C19H27N5O2/c1-22-16-11-14(21-18(25)20-13-7-3-4-8-13)15(24-9-5-6-10-24)12-17(16)23(2)19(22)26/h11-13H,3-10H2,1-2H3,(H2,20,21,25). The number of aromatic nitrogens is 2. The molecular weight excluding hydrogens is 330 g/mol. The number of fused-ring (bicyclic) bond motifs is 1. The molecule has 2 N–H and O–H groups in total. The highest BCUT2D eigenvalue weighted by Gasteiger charge is 2.22. The first kappa shape index (κ1) is 17.0.